The van der Waals surface area contributed by atoms with Gasteiger partial charge in [0.05, 0.1) is 5.37 Å². The van der Waals surface area contributed by atoms with Crippen LogP contribution >= 0.6 is 23.5 Å². The van der Waals surface area contributed by atoms with Crippen LogP contribution in [0, 0.1) is 40.9 Å². The molecule has 1 N–H and O–H groups in total. The molecule has 8 bridgehead atoms. The van der Waals surface area contributed by atoms with Gasteiger partial charge in [0.1, 0.15) is 11.5 Å². The van der Waals surface area contributed by atoms with Gasteiger partial charge in [0.2, 0.25) is 5.91 Å². The molecular formula is C31H47NO2S2. The first-order valence-electron chi connectivity index (χ1n) is 15.0. The van der Waals surface area contributed by atoms with Crippen LogP contribution in [0.15, 0.2) is 11.6 Å². The molecule has 1 heterocycles. The topological polar surface area (TPSA) is 40.5 Å². The van der Waals surface area contributed by atoms with E-state index in [2.05, 4.69) is 43.5 Å². The number of carbonyl (C=O) groups is 1. The number of thioether (sulfide) groups is 2. The second-order valence-corrected chi connectivity index (χ2v) is 18.6. The van der Waals surface area contributed by atoms with E-state index in [0.717, 1.165) is 35.5 Å². The fourth-order valence-corrected chi connectivity index (χ4v) is 15.3. The minimum absolute atomic E-state index is 0.0581. The molecule has 5 heteroatoms. The van der Waals surface area contributed by atoms with E-state index in [1.807, 2.05) is 11.8 Å². The Hall–Kier alpha value is -0.130. The van der Waals surface area contributed by atoms with Crippen molar-refractivity contribution in [1.29, 1.82) is 0 Å². The highest BCUT2D eigenvalue weighted by molar-refractivity contribution is 8.02. The third-order valence-electron chi connectivity index (χ3n) is 11.4. The summed E-state index contributed by atoms with van der Waals surface area (Å²) in [4.78, 5) is 15.6. The number of aliphatic hydroxyl groups is 1. The van der Waals surface area contributed by atoms with Gasteiger partial charge in [-0.25, -0.2) is 0 Å². The Kier molecular flexibility index (Phi) is 5.83. The Labute approximate surface area is 227 Å². The molecule has 0 aromatic rings. The fourth-order valence-electron chi connectivity index (χ4n) is 10.9. The summed E-state index contributed by atoms with van der Waals surface area (Å²) in [6.07, 6.45) is 18.4. The number of hydrogen-bond donors (Lipinski definition) is 1. The van der Waals surface area contributed by atoms with Crippen molar-refractivity contribution in [3.63, 3.8) is 0 Å². The third-order valence-corrected chi connectivity index (χ3v) is 14.7. The number of amides is 1. The number of hydrogen-bond acceptors (Lipinski definition) is 4. The molecule has 0 saturated heterocycles. The van der Waals surface area contributed by atoms with Gasteiger partial charge in [-0.15, -0.1) is 23.5 Å². The first-order valence-corrected chi connectivity index (χ1v) is 16.8. The van der Waals surface area contributed by atoms with Crippen LogP contribution in [-0.4, -0.2) is 42.3 Å². The number of carbonyl (C=O) groups excluding carboxylic acids is 1. The Morgan fingerprint density at radius 2 is 1.19 bits per heavy atom. The molecule has 1 amide bonds. The van der Waals surface area contributed by atoms with Gasteiger partial charge in [-0.05, 0) is 130 Å². The number of rotatable bonds is 4. The van der Waals surface area contributed by atoms with E-state index in [4.69, 9.17) is 0 Å². The molecule has 0 aromatic carbocycles. The Bertz CT molecular complexity index is 880. The van der Waals surface area contributed by atoms with E-state index in [-0.39, 0.29) is 26.8 Å². The molecule has 200 valence electrons. The van der Waals surface area contributed by atoms with E-state index in [1.54, 1.807) is 6.92 Å². The van der Waals surface area contributed by atoms with Crippen molar-refractivity contribution >= 4 is 29.4 Å². The zero-order valence-electron chi connectivity index (χ0n) is 22.9. The Balaban J connectivity index is 1.23. The van der Waals surface area contributed by atoms with E-state index < -0.39 is 6.10 Å². The van der Waals surface area contributed by atoms with E-state index in [9.17, 15) is 9.90 Å². The maximum atomic E-state index is 13.5. The lowest BCUT2D eigenvalue weighted by Gasteiger charge is -2.60. The van der Waals surface area contributed by atoms with Crippen molar-refractivity contribution < 1.29 is 9.90 Å². The minimum Gasteiger partial charge on any atom is -0.386 e. The predicted octanol–water partition coefficient (Wildman–Crippen LogP) is 7.24. The normalized spacial score (nSPS) is 51.1. The molecule has 0 spiro atoms. The molecule has 0 aromatic heterocycles. The largest absolute Gasteiger partial charge is 0.386 e. The lowest BCUT2D eigenvalue weighted by Crippen LogP contribution is -2.58. The van der Waals surface area contributed by atoms with Crippen molar-refractivity contribution in [2.45, 2.75) is 131 Å². The predicted molar refractivity (Wildman–Crippen MR) is 151 cm³/mol. The van der Waals surface area contributed by atoms with Gasteiger partial charge in [0.25, 0.3) is 0 Å². The van der Waals surface area contributed by atoms with Crippen molar-refractivity contribution in [1.82, 2.24) is 4.90 Å². The summed E-state index contributed by atoms with van der Waals surface area (Å²) in [5.41, 5.74) is 1.08. The van der Waals surface area contributed by atoms with Crippen LogP contribution in [0.3, 0.4) is 0 Å². The Morgan fingerprint density at radius 1 is 0.806 bits per heavy atom. The van der Waals surface area contributed by atoms with Crippen LogP contribution in [0.5, 0.6) is 0 Å². The summed E-state index contributed by atoms with van der Waals surface area (Å²) in [7, 11) is 0. The van der Waals surface area contributed by atoms with Crippen LogP contribution in [-0.2, 0) is 4.79 Å². The molecule has 36 heavy (non-hydrogen) atoms. The first kappa shape index (κ1) is 24.9. The molecule has 0 unspecified atom stereocenters. The minimum atomic E-state index is -0.569. The summed E-state index contributed by atoms with van der Waals surface area (Å²) >= 11 is 4.18. The standard InChI is InChI=1S/C31H47NO2S2/c1-18(33)32-26(35-30-12-19-5-20(13-30)7-21(6-19)14-30)11-25(29(2,3)4)27(34)28(32)36-31-15-22-8-23(16-31)10-24(9-22)17-31/h11,19-24,26-28,34H,5-10,12-17H2,1-4H3/t19?,20?,21?,22?,23?,24?,26-,27-,28+,30?,31?/m1/s1. The highest BCUT2D eigenvalue weighted by Gasteiger charge is 2.57. The highest BCUT2D eigenvalue weighted by Crippen LogP contribution is 2.64. The number of nitrogens with zero attached hydrogens (tertiary/aromatic N) is 1. The summed E-state index contributed by atoms with van der Waals surface area (Å²) in [6.45, 7) is 8.53. The quantitative estimate of drug-likeness (QED) is 0.390. The molecule has 8 saturated carbocycles. The fraction of sp³-hybridized carbons (Fsp3) is 0.903. The average Bonchev–Trinajstić information content (AvgIpc) is 2.72. The number of aliphatic hydroxyl groups excluding tert-OH is 1. The van der Waals surface area contributed by atoms with Crippen LogP contribution < -0.4 is 0 Å². The zero-order chi connectivity index (χ0) is 25.0. The second-order valence-electron chi connectivity index (χ2n) is 15.5. The molecule has 3 atom stereocenters. The maximum Gasteiger partial charge on any atom is 0.221 e. The lowest BCUT2D eigenvalue weighted by atomic mass is 9.56. The van der Waals surface area contributed by atoms with E-state index in [1.165, 1.54) is 82.6 Å². The van der Waals surface area contributed by atoms with E-state index >= 15 is 0 Å². The van der Waals surface area contributed by atoms with Crippen molar-refractivity contribution in [2.24, 2.45) is 40.9 Å². The van der Waals surface area contributed by atoms with Crippen LogP contribution in [0.2, 0.25) is 0 Å². The summed E-state index contributed by atoms with van der Waals surface area (Å²) in [5, 5.41) is 11.8. The highest BCUT2D eigenvalue weighted by atomic mass is 32.2. The smallest absolute Gasteiger partial charge is 0.221 e. The van der Waals surface area contributed by atoms with Crippen LogP contribution in [0.4, 0.5) is 0 Å². The van der Waals surface area contributed by atoms with Gasteiger partial charge in [0, 0.05) is 16.4 Å². The van der Waals surface area contributed by atoms with Gasteiger partial charge in [0.15, 0.2) is 0 Å². The van der Waals surface area contributed by atoms with Crippen molar-refractivity contribution in [3.8, 4) is 0 Å². The lowest BCUT2D eigenvalue weighted by molar-refractivity contribution is -0.131. The summed E-state index contributed by atoms with van der Waals surface area (Å²) in [6, 6.07) is 0. The molecule has 8 aliphatic carbocycles. The molecule has 9 aliphatic rings. The van der Waals surface area contributed by atoms with Gasteiger partial charge >= 0.3 is 0 Å². The molecule has 3 nitrogen and oxygen atoms in total. The molecule has 8 fully saturated rings. The second kappa shape index (κ2) is 8.43. The van der Waals surface area contributed by atoms with E-state index in [0.29, 0.717) is 4.75 Å². The van der Waals surface area contributed by atoms with Crippen LogP contribution in [0.1, 0.15) is 105 Å². The van der Waals surface area contributed by atoms with Gasteiger partial charge in [-0.2, -0.15) is 0 Å². The molecular weight excluding hydrogens is 482 g/mol. The Morgan fingerprint density at radius 3 is 1.56 bits per heavy atom. The molecule has 1 aliphatic heterocycles. The third kappa shape index (κ3) is 4.15. The van der Waals surface area contributed by atoms with Gasteiger partial charge in [-0.3, -0.25) is 4.79 Å². The van der Waals surface area contributed by atoms with Gasteiger partial charge < -0.3 is 10.0 Å². The zero-order valence-corrected chi connectivity index (χ0v) is 24.5. The maximum absolute atomic E-state index is 13.5. The molecule has 9 rings (SSSR count). The van der Waals surface area contributed by atoms with Crippen molar-refractivity contribution in [2.75, 3.05) is 0 Å². The first-order chi connectivity index (χ1) is 17.0. The van der Waals surface area contributed by atoms with Gasteiger partial charge in [-0.1, -0.05) is 20.8 Å². The van der Waals surface area contributed by atoms with Crippen LogP contribution in [0.25, 0.3) is 0 Å². The average molecular weight is 530 g/mol. The van der Waals surface area contributed by atoms with Crippen molar-refractivity contribution in [3.05, 3.63) is 11.6 Å². The summed E-state index contributed by atoms with van der Waals surface area (Å²) < 4.78 is 0.606. The monoisotopic (exact) mass is 529 g/mol. The SMILES string of the molecule is CC(=O)N1[C@H](SC23CC4CC(CC(C4)C2)C3)C=C(C(C)(C)C)[C@@H](O)[C@@H]1SC12CC3CC(CC(C3)C1)C2. The molecule has 0 radical (unpaired) electrons. The summed E-state index contributed by atoms with van der Waals surface area (Å²) in [5.74, 6) is 5.52.